The highest BCUT2D eigenvalue weighted by Crippen LogP contribution is 2.27. The molecular formula is C11H14N4O. The Hall–Kier alpha value is -1.67. The number of aliphatic hydroxyl groups excluding tert-OH is 1. The molecule has 0 bridgehead atoms. The molecule has 1 N–H and O–H groups in total. The molecule has 0 spiro atoms. The summed E-state index contributed by atoms with van der Waals surface area (Å²) < 4.78 is 0. The molecule has 5 nitrogen and oxygen atoms in total. The Morgan fingerprint density at radius 1 is 1.50 bits per heavy atom. The van der Waals surface area contributed by atoms with E-state index in [2.05, 4.69) is 16.9 Å². The molecule has 0 aliphatic carbocycles. The molecule has 2 rings (SSSR count). The summed E-state index contributed by atoms with van der Waals surface area (Å²) >= 11 is 0. The predicted octanol–water partition coefficient (Wildman–Crippen LogP) is 0.413. The highest BCUT2D eigenvalue weighted by Gasteiger charge is 2.31. The van der Waals surface area contributed by atoms with Gasteiger partial charge in [0.1, 0.15) is 6.07 Å². The van der Waals surface area contributed by atoms with Gasteiger partial charge >= 0.3 is 0 Å². The zero-order valence-electron chi connectivity index (χ0n) is 9.17. The van der Waals surface area contributed by atoms with Crippen molar-refractivity contribution in [3.8, 4) is 6.07 Å². The summed E-state index contributed by atoms with van der Waals surface area (Å²) in [6.07, 6.45) is 3.11. The summed E-state index contributed by atoms with van der Waals surface area (Å²) in [5.74, 6) is 1.31. The molecule has 1 aliphatic heterocycles. The average Bonchev–Trinajstić information content (AvgIpc) is 2.70. The first-order valence-corrected chi connectivity index (χ1v) is 5.33. The standard InChI is InChI=1S/C11H14N4O/c1-8-5-15(6-9(8)7-16)11-10(4-12)13-2-3-14-11/h2-3,8-9,16H,5-7H2,1H3/t8-,9+/m1/s1. The van der Waals surface area contributed by atoms with Crippen LogP contribution in [-0.4, -0.2) is 34.8 Å². The molecule has 5 heteroatoms. The van der Waals surface area contributed by atoms with Crippen molar-refractivity contribution >= 4 is 5.82 Å². The Balaban J connectivity index is 2.24. The van der Waals surface area contributed by atoms with Gasteiger partial charge in [0.25, 0.3) is 0 Å². The lowest BCUT2D eigenvalue weighted by Gasteiger charge is -2.17. The molecule has 0 radical (unpaired) electrons. The minimum Gasteiger partial charge on any atom is -0.396 e. The normalized spacial score (nSPS) is 24.4. The number of anilines is 1. The van der Waals surface area contributed by atoms with E-state index in [9.17, 15) is 5.11 Å². The number of aliphatic hydroxyl groups is 1. The zero-order chi connectivity index (χ0) is 11.5. The number of rotatable bonds is 2. The van der Waals surface area contributed by atoms with Crippen LogP contribution in [-0.2, 0) is 0 Å². The third-order valence-electron chi connectivity index (χ3n) is 3.09. The van der Waals surface area contributed by atoms with E-state index in [-0.39, 0.29) is 12.5 Å². The second-order valence-electron chi connectivity index (χ2n) is 4.17. The first kappa shape index (κ1) is 10.8. The first-order chi connectivity index (χ1) is 7.76. The van der Waals surface area contributed by atoms with Crippen LogP contribution in [0.1, 0.15) is 12.6 Å². The Bertz CT molecular complexity index is 415. The van der Waals surface area contributed by atoms with Gasteiger partial charge in [-0.05, 0) is 5.92 Å². The molecule has 1 saturated heterocycles. The van der Waals surface area contributed by atoms with Gasteiger partial charge in [0.2, 0.25) is 0 Å². The third-order valence-corrected chi connectivity index (χ3v) is 3.09. The van der Waals surface area contributed by atoms with Gasteiger partial charge in [-0.2, -0.15) is 5.26 Å². The van der Waals surface area contributed by atoms with Crippen LogP contribution >= 0.6 is 0 Å². The highest BCUT2D eigenvalue weighted by molar-refractivity contribution is 5.50. The molecule has 1 aromatic heterocycles. The fourth-order valence-electron chi connectivity index (χ4n) is 2.09. The molecule has 0 aromatic carbocycles. The lowest BCUT2D eigenvalue weighted by Crippen LogP contribution is -2.23. The second-order valence-corrected chi connectivity index (χ2v) is 4.17. The Labute approximate surface area is 94.4 Å². The molecule has 84 valence electrons. The summed E-state index contributed by atoms with van der Waals surface area (Å²) in [5.41, 5.74) is 0.355. The molecule has 0 unspecified atom stereocenters. The number of nitriles is 1. The Morgan fingerprint density at radius 3 is 2.88 bits per heavy atom. The van der Waals surface area contributed by atoms with Gasteiger partial charge in [-0.15, -0.1) is 0 Å². The summed E-state index contributed by atoms with van der Waals surface area (Å²) in [4.78, 5) is 10.2. The second kappa shape index (κ2) is 4.45. The number of nitrogens with zero attached hydrogens (tertiary/aromatic N) is 4. The van der Waals surface area contributed by atoms with Crippen LogP contribution in [0.25, 0.3) is 0 Å². The topological polar surface area (TPSA) is 73.0 Å². The van der Waals surface area contributed by atoms with Crippen molar-refractivity contribution in [2.75, 3.05) is 24.6 Å². The smallest absolute Gasteiger partial charge is 0.183 e. The van der Waals surface area contributed by atoms with Crippen molar-refractivity contribution in [1.82, 2.24) is 9.97 Å². The van der Waals surface area contributed by atoms with Gasteiger partial charge in [0.15, 0.2) is 11.5 Å². The van der Waals surface area contributed by atoms with Crippen LogP contribution in [0, 0.1) is 23.2 Å². The van der Waals surface area contributed by atoms with Crippen molar-refractivity contribution < 1.29 is 5.11 Å². The Kier molecular flexibility index (Phi) is 3.02. The minimum absolute atomic E-state index is 0.180. The molecular weight excluding hydrogens is 204 g/mol. The predicted molar refractivity (Wildman–Crippen MR) is 58.7 cm³/mol. The van der Waals surface area contributed by atoms with E-state index in [1.54, 1.807) is 6.20 Å². The largest absolute Gasteiger partial charge is 0.396 e. The highest BCUT2D eigenvalue weighted by atomic mass is 16.3. The van der Waals surface area contributed by atoms with Crippen molar-refractivity contribution in [2.45, 2.75) is 6.92 Å². The summed E-state index contributed by atoms with van der Waals surface area (Å²) in [6, 6.07) is 2.04. The molecule has 0 amide bonds. The lowest BCUT2D eigenvalue weighted by atomic mass is 10.00. The van der Waals surface area contributed by atoms with Crippen molar-refractivity contribution in [1.29, 1.82) is 5.26 Å². The van der Waals surface area contributed by atoms with Crippen LogP contribution in [0.4, 0.5) is 5.82 Å². The van der Waals surface area contributed by atoms with Crippen molar-refractivity contribution in [3.05, 3.63) is 18.1 Å². The van der Waals surface area contributed by atoms with E-state index in [0.29, 0.717) is 17.4 Å². The van der Waals surface area contributed by atoms with Crippen LogP contribution in [0.15, 0.2) is 12.4 Å². The van der Waals surface area contributed by atoms with E-state index < -0.39 is 0 Å². The number of hydrogen-bond acceptors (Lipinski definition) is 5. The fourth-order valence-corrected chi connectivity index (χ4v) is 2.09. The van der Waals surface area contributed by atoms with Gasteiger partial charge in [-0.25, -0.2) is 9.97 Å². The molecule has 2 atom stereocenters. The summed E-state index contributed by atoms with van der Waals surface area (Å²) in [7, 11) is 0. The summed E-state index contributed by atoms with van der Waals surface area (Å²) in [6.45, 7) is 3.84. The zero-order valence-corrected chi connectivity index (χ0v) is 9.17. The van der Waals surface area contributed by atoms with E-state index in [4.69, 9.17) is 5.26 Å². The van der Waals surface area contributed by atoms with Crippen molar-refractivity contribution in [3.63, 3.8) is 0 Å². The quantitative estimate of drug-likeness (QED) is 0.778. The summed E-state index contributed by atoms with van der Waals surface area (Å²) in [5, 5.41) is 18.1. The number of aromatic nitrogens is 2. The average molecular weight is 218 g/mol. The van der Waals surface area contributed by atoms with Crippen LogP contribution in [0.5, 0.6) is 0 Å². The Morgan fingerprint density at radius 2 is 2.25 bits per heavy atom. The van der Waals surface area contributed by atoms with E-state index in [1.807, 2.05) is 11.0 Å². The van der Waals surface area contributed by atoms with E-state index >= 15 is 0 Å². The van der Waals surface area contributed by atoms with Crippen molar-refractivity contribution in [2.24, 2.45) is 11.8 Å². The fraction of sp³-hybridized carbons (Fsp3) is 0.545. The van der Waals surface area contributed by atoms with E-state index in [1.165, 1.54) is 6.20 Å². The van der Waals surface area contributed by atoms with Gasteiger partial charge in [0, 0.05) is 38.0 Å². The molecule has 1 aromatic rings. The van der Waals surface area contributed by atoms with Gasteiger partial charge in [0.05, 0.1) is 0 Å². The first-order valence-electron chi connectivity index (χ1n) is 5.33. The van der Waals surface area contributed by atoms with Crippen LogP contribution in [0.2, 0.25) is 0 Å². The molecule has 16 heavy (non-hydrogen) atoms. The van der Waals surface area contributed by atoms with Crippen LogP contribution < -0.4 is 4.90 Å². The van der Waals surface area contributed by atoms with Gasteiger partial charge in [-0.3, -0.25) is 0 Å². The van der Waals surface area contributed by atoms with Gasteiger partial charge < -0.3 is 10.0 Å². The number of hydrogen-bond donors (Lipinski definition) is 1. The molecule has 1 aliphatic rings. The monoisotopic (exact) mass is 218 g/mol. The lowest BCUT2D eigenvalue weighted by molar-refractivity contribution is 0.212. The molecule has 2 heterocycles. The molecule has 1 fully saturated rings. The maximum Gasteiger partial charge on any atom is 0.183 e. The van der Waals surface area contributed by atoms with Gasteiger partial charge in [-0.1, -0.05) is 6.92 Å². The van der Waals surface area contributed by atoms with E-state index in [0.717, 1.165) is 13.1 Å². The van der Waals surface area contributed by atoms with Crippen LogP contribution in [0.3, 0.4) is 0 Å². The molecule has 0 saturated carbocycles. The third kappa shape index (κ3) is 1.84. The minimum atomic E-state index is 0.180. The SMILES string of the molecule is C[C@@H]1CN(c2nccnc2C#N)C[C@H]1CO. The maximum absolute atomic E-state index is 9.20. The maximum atomic E-state index is 9.20.